The van der Waals surface area contributed by atoms with Gasteiger partial charge in [-0.25, -0.2) is 4.79 Å². The summed E-state index contributed by atoms with van der Waals surface area (Å²) in [5.74, 6) is 0.0232. The number of nitrogens with zero attached hydrogens (tertiary/aromatic N) is 2. The van der Waals surface area contributed by atoms with Crippen LogP contribution in [0.5, 0.6) is 0 Å². The second-order valence-electron chi connectivity index (χ2n) is 6.58. The molecule has 0 spiro atoms. The van der Waals surface area contributed by atoms with Crippen LogP contribution in [0, 0.1) is 5.92 Å². The van der Waals surface area contributed by atoms with E-state index >= 15 is 0 Å². The van der Waals surface area contributed by atoms with E-state index in [4.69, 9.17) is 0 Å². The molecule has 1 heterocycles. The molecular weight excluding hydrogens is 306 g/mol. The molecule has 3 amide bonds. The molecule has 1 aliphatic rings. The van der Waals surface area contributed by atoms with Gasteiger partial charge >= 0.3 is 6.03 Å². The van der Waals surface area contributed by atoms with Crippen molar-refractivity contribution >= 4 is 11.9 Å². The molecule has 0 radical (unpaired) electrons. The van der Waals surface area contributed by atoms with Crippen molar-refractivity contribution in [2.75, 3.05) is 27.2 Å². The maximum atomic E-state index is 12.3. The summed E-state index contributed by atoms with van der Waals surface area (Å²) in [4.78, 5) is 27.3. The summed E-state index contributed by atoms with van der Waals surface area (Å²) in [6, 6.07) is 8.87. The molecule has 1 aliphatic heterocycles. The maximum absolute atomic E-state index is 12.3. The Morgan fingerprint density at radius 1 is 1.21 bits per heavy atom. The lowest BCUT2D eigenvalue weighted by Crippen LogP contribution is -2.51. The number of carbonyl (C=O) groups excluding carboxylic acids is 2. The Kier molecular flexibility index (Phi) is 6.20. The fraction of sp³-hybridized carbons (Fsp3) is 0.556. The molecule has 0 aliphatic carbocycles. The summed E-state index contributed by atoms with van der Waals surface area (Å²) in [5, 5.41) is 13.2. The molecule has 24 heavy (non-hydrogen) atoms. The normalized spacial score (nSPS) is 17.9. The summed E-state index contributed by atoms with van der Waals surface area (Å²) in [6.45, 7) is 2.86. The van der Waals surface area contributed by atoms with Crippen LogP contribution in [0.15, 0.2) is 30.3 Å². The van der Waals surface area contributed by atoms with E-state index in [0.717, 1.165) is 18.4 Å². The third-order valence-corrected chi connectivity index (χ3v) is 4.57. The molecule has 0 unspecified atom stereocenters. The standard InChI is InChI=1S/C18H27N3O3/c1-13(17(23)20(2)3)19-18(24)21-11-9-15(10-12-21)16(22)14-7-5-4-6-8-14/h4-8,13,15-16,22H,9-12H2,1-3H3,(H,19,24)/t13-,16-/m0/s1. The summed E-state index contributed by atoms with van der Waals surface area (Å²) in [6.07, 6.45) is 1.00. The second-order valence-corrected chi connectivity index (χ2v) is 6.58. The summed E-state index contributed by atoms with van der Waals surface area (Å²) < 4.78 is 0. The zero-order valence-corrected chi connectivity index (χ0v) is 14.6. The molecule has 0 aromatic heterocycles. The van der Waals surface area contributed by atoms with Gasteiger partial charge in [-0.3, -0.25) is 4.79 Å². The average molecular weight is 333 g/mol. The molecule has 1 saturated heterocycles. The highest BCUT2D eigenvalue weighted by molar-refractivity contribution is 5.86. The Morgan fingerprint density at radius 3 is 2.33 bits per heavy atom. The van der Waals surface area contributed by atoms with Crippen molar-refractivity contribution in [1.29, 1.82) is 0 Å². The molecule has 2 atom stereocenters. The molecule has 1 fully saturated rings. The molecule has 2 N–H and O–H groups in total. The van der Waals surface area contributed by atoms with E-state index in [-0.39, 0.29) is 17.9 Å². The Bertz CT molecular complexity index is 554. The van der Waals surface area contributed by atoms with Crippen molar-refractivity contribution in [2.24, 2.45) is 5.92 Å². The van der Waals surface area contributed by atoms with Crippen molar-refractivity contribution in [2.45, 2.75) is 31.9 Å². The number of carbonyl (C=O) groups is 2. The van der Waals surface area contributed by atoms with Gasteiger partial charge in [-0.05, 0) is 31.2 Å². The Labute approximate surface area is 143 Å². The lowest BCUT2D eigenvalue weighted by atomic mass is 9.87. The van der Waals surface area contributed by atoms with Gasteiger partial charge < -0.3 is 20.2 Å². The van der Waals surface area contributed by atoms with Crippen molar-refractivity contribution in [3.63, 3.8) is 0 Å². The fourth-order valence-corrected chi connectivity index (χ4v) is 3.07. The van der Waals surface area contributed by atoms with Gasteiger partial charge in [-0.2, -0.15) is 0 Å². The first-order valence-electron chi connectivity index (χ1n) is 8.39. The van der Waals surface area contributed by atoms with Crippen molar-refractivity contribution in [3.8, 4) is 0 Å². The Morgan fingerprint density at radius 2 is 1.79 bits per heavy atom. The van der Waals surface area contributed by atoms with Crippen LogP contribution in [0.2, 0.25) is 0 Å². The minimum Gasteiger partial charge on any atom is -0.388 e. The van der Waals surface area contributed by atoms with Crippen LogP contribution in [0.1, 0.15) is 31.4 Å². The van der Waals surface area contributed by atoms with Gasteiger partial charge in [0, 0.05) is 27.2 Å². The third-order valence-electron chi connectivity index (χ3n) is 4.57. The molecule has 2 rings (SSSR count). The molecule has 1 aromatic carbocycles. The number of amides is 3. The summed E-state index contributed by atoms with van der Waals surface area (Å²) in [5.41, 5.74) is 0.922. The summed E-state index contributed by atoms with van der Waals surface area (Å²) >= 11 is 0. The Hall–Kier alpha value is -2.08. The first-order chi connectivity index (χ1) is 11.4. The average Bonchev–Trinajstić information content (AvgIpc) is 2.61. The topological polar surface area (TPSA) is 72.9 Å². The smallest absolute Gasteiger partial charge is 0.318 e. The fourth-order valence-electron chi connectivity index (χ4n) is 3.07. The zero-order valence-electron chi connectivity index (χ0n) is 14.6. The number of hydrogen-bond acceptors (Lipinski definition) is 3. The number of aliphatic hydroxyl groups is 1. The molecule has 0 saturated carbocycles. The SMILES string of the molecule is C[C@H](NC(=O)N1CCC([C@@H](O)c2ccccc2)CC1)C(=O)N(C)C. The van der Waals surface area contributed by atoms with Crippen LogP contribution >= 0.6 is 0 Å². The van der Waals surface area contributed by atoms with Crippen LogP contribution in [0.4, 0.5) is 4.79 Å². The predicted molar refractivity (Wildman–Crippen MR) is 92.4 cm³/mol. The number of likely N-dealkylation sites (tertiary alicyclic amines) is 1. The molecule has 1 aromatic rings. The number of aliphatic hydroxyl groups excluding tert-OH is 1. The monoisotopic (exact) mass is 333 g/mol. The number of benzene rings is 1. The largest absolute Gasteiger partial charge is 0.388 e. The van der Waals surface area contributed by atoms with E-state index in [0.29, 0.717) is 13.1 Å². The van der Waals surface area contributed by atoms with E-state index < -0.39 is 12.1 Å². The van der Waals surface area contributed by atoms with Crippen LogP contribution < -0.4 is 5.32 Å². The van der Waals surface area contributed by atoms with Crippen LogP contribution in [-0.2, 0) is 4.79 Å². The molecule has 0 bridgehead atoms. The zero-order chi connectivity index (χ0) is 17.7. The lowest BCUT2D eigenvalue weighted by Gasteiger charge is -2.35. The van der Waals surface area contributed by atoms with Crippen molar-refractivity contribution in [3.05, 3.63) is 35.9 Å². The van der Waals surface area contributed by atoms with Gasteiger partial charge in [0.25, 0.3) is 0 Å². The predicted octanol–water partition coefficient (Wildman–Crippen LogP) is 1.62. The van der Waals surface area contributed by atoms with Gasteiger partial charge in [0.15, 0.2) is 0 Å². The Balaban J connectivity index is 1.84. The van der Waals surface area contributed by atoms with Gasteiger partial charge in [-0.15, -0.1) is 0 Å². The highest BCUT2D eigenvalue weighted by Gasteiger charge is 2.29. The first kappa shape index (κ1) is 18.3. The van der Waals surface area contributed by atoms with Gasteiger partial charge in [-0.1, -0.05) is 30.3 Å². The molecule has 132 valence electrons. The van der Waals surface area contributed by atoms with E-state index in [1.54, 1.807) is 25.9 Å². The minimum absolute atomic E-state index is 0.127. The molecule has 6 nitrogen and oxygen atoms in total. The van der Waals surface area contributed by atoms with Crippen molar-refractivity contribution in [1.82, 2.24) is 15.1 Å². The molecular formula is C18H27N3O3. The maximum Gasteiger partial charge on any atom is 0.318 e. The quantitative estimate of drug-likeness (QED) is 0.879. The van der Waals surface area contributed by atoms with Crippen LogP contribution in [0.3, 0.4) is 0 Å². The number of nitrogens with one attached hydrogen (secondary N) is 1. The second kappa shape index (κ2) is 8.15. The third kappa shape index (κ3) is 4.47. The van der Waals surface area contributed by atoms with E-state index in [1.165, 1.54) is 4.90 Å². The minimum atomic E-state index is -0.542. The van der Waals surface area contributed by atoms with E-state index in [9.17, 15) is 14.7 Å². The first-order valence-corrected chi connectivity index (χ1v) is 8.39. The molecule has 6 heteroatoms. The summed E-state index contributed by atoms with van der Waals surface area (Å²) in [7, 11) is 3.34. The van der Waals surface area contributed by atoms with Crippen LogP contribution in [0.25, 0.3) is 0 Å². The van der Waals surface area contributed by atoms with E-state index in [1.807, 2.05) is 30.3 Å². The number of hydrogen-bond donors (Lipinski definition) is 2. The van der Waals surface area contributed by atoms with Crippen molar-refractivity contribution < 1.29 is 14.7 Å². The highest BCUT2D eigenvalue weighted by Crippen LogP contribution is 2.30. The lowest BCUT2D eigenvalue weighted by molar-refractivity contribution is -0.130. The number of rotatable bonds is 4. The van der Waals surface area contributed by atoms with Gasteiger partial charge in [0.2, 0.25) is 5.91 Å². The number of piperidine rings is 1. The van der Waals surface area contributed by atoms with E-state index in [2.05, 4.69) is 5.32 Å². The van der Waals surface area contributed by atoms with Gasteiger partial charge in [0.05, 0.1) is 6.10 Å². The number of likely N-dealkylation sites (N-methyl/N-ethyl adjacent to an activating group) is 1. The highest BCUT2D eigenvalue weighted by atomic mass is 16.3. The van der Waals surface area contributed by atoms with Crippen LogP contribution in [-0.4, -0.2) is 60.1 Å². The number of urea groups is 1. The van der Waals surface area contributed by atoms with Gasteiger partial charge in [0.1, 0.15) is 6.04 Å².